The van der Waals surface area contributed by atoms with E-state index >= 15 is 0 Å². The molecule has 3 aromatic carbocycles. The lowest BCUT2D eigenvalue weighted by molar-refractivity contribution is -0.384. The number of nitrogens with zero attached hydrogens (tertiary/aromatic N) is 1. The first-order valence-electron chi connectivity index (χ1n) is 11.7. The van der Waals surface area contributed by atoms with Crippen LogP contribution in [0.5, 0.6) is 0 Å². The van der Waals surface area contributed by atoms with Crippen LogP contribution in [0, 0.1) is 10.1 Å². The standard InChI is InChI=1S/C28H24ClNO6/c29-24-15-14-21(16-25(24)30(34)35)27(32)22-8-4-5-9-23(22)28(33)36-17-26(31)20-12-10-19(11-13-20)18-6-2-1-3-7-18/h4-5,8-16,18H,1-3,6-7,17H2. The molecule has 8 heteroatoms. The van der Waals surface area contributed by atoms with E-state index in [-0.39, 0.29) is 27.5 Å². The largest absolute Gasteiger partial charge is 0.454 e. The van der Waals surface area contributed by atoms with Crippen LogP contribution in [0.2, 0.25) is 5.02 Å². The van der Waals surface area contributed by atoms with Crippen LogP contribution in [0.4, 0.5) is 5.69 Å². The van der Waals surface area contributed by atoms with E-state index in [2.05, 4.69) is 0 Å². The van der Waals surface area contributed by atoms with Crippen LogP contribution in [0.3, 0.4) is 0 Å². The molecule has 1 aliphatic carbocycles. The predicted molar refractivity (Wildman–Crippen MR) is 135 cm³/mol. The Morgan fingerprint density at radius 2 is 1.53 bits per heavy atom. The van der Waals surface area contributed by atoms with Crippen molar-refractivity contribution in [2.75, 3.05) is 6.61 Å². The Kier molecular flexibility index (Phi) is 7.90. The Morgan fingerprint density at radius 3 is 2.19 bits per heavy atom. The van der Waals surface area contributed by atoms with Crippen LogP contribution in [-0.4, -0.2) is 29.1 Å². The topological polar surface area (TPSA) is 104 Å². The van der Waals surface area contributed by atoms with Crippen molar-refractivity contribution < 1.29 is 24.0 Å². The minimum Gasteiger partial charge on any atom is -0.454 e. The summed E-state index contributed by atoms with van der Waals surface area (Å²) in [5.41, 5.74) is 1.21. The maximum atomic E-state index is 13.0. The van der Waals surface area contributed by atoms with Crippen LogP contribution in [0.25, 0.3) is 0 Å². The third kappa shape index (κ3) is 5.69. The van der Waals surface area contributed by atoms with Gasteiger partial charge in [0.15, 0.2) is 18.2 Å². The molecule has 0 bridgehead atoms. The molecule has 0 spiro atoms. The zero-order valence-corrected chi connectivity index (χ0v) is 20.2. The molecule has 36 heavy (non-hydrogen) atoms. The molecule has 4 rings (SSSR count). The zero-order valence-electron chi connectivity index (χ0n) is 19.4. The first kappa shape index (κ1) is 25.3. The van der Waals surface area contributed by atoms with Crippen LogP contribution in [-0.2, 0) is 4.74 Å². The van der Waals surface area contributed by atoms with E-state index in [1.165, 1.54) is 49.1 Å². The minimum absolute atomic E-state index is 0.000446. The van der Waals surface area contributed by atoms with E-state index in [1.54, 1.807) is 24.3 Å². The number of carbonyl (C=O) groups excluding carboxylic acids is 3. The highest BCUT2D eigenvalue weighted by atomic mass is 35.5. The highest BCUT2D eigenvalue weighted by Gasteiger charge is 2.23. The summed E-state index contributed by atoms with van der Waals surface area (Å²) in [5, 5.41) is 11.1. The number of hydrogen-bond donors (Lipinski definition) is 0. The average molecular weight is 506 g/mol. The quantitative estimate of drug-likeness (QED) is 0.148. The van der Waals surface area contributed by atoms with Crippen molar-refractivity contribution in [2.45, 2.75) is 38.0 Å². The molecule has 0 radical (unpaired) electrons. The van der Waals surface area contributed by atoms with Gasteiger partial charge >= 0.3 is 5.97 Å². The van der Waals surface area contributed by atoms with Gasteiger partial charge in [-0.15, -0.1) is 0 Å². The van der Waals surface area contributed by atoms with Crippen LogP contribution >= 0.6 is 11.6 Å². The fourth-order valence-electron chi connectivity index (χ4n) is 4.48. The van der Waals surface area contributed by atoms with Gasteiger partial charge in [0, 0.05) is 22.8 Å². The predicted octanol–water partition coefficient (Wildman–Crippen LogP) is 6.57. The molecule has 3 aromatic rings. The smallest absolute Gasteiger partial charge is 0.339 e. The monoisotopic (exact) mass is 505 g/mol. The number of ether oxygens (including phenoxy) is 1. The van der Waals surface area contributed by atoms with Crippen LogP contribution < -0.4 is 0 Å². The molecule has 0 saturated heterocycles. The zero-order chi connectivity index (χ0) is 25.7. The fourth-order valence-corrected chi connectivity index (χ4v) is 4.66. The third-order valence-corrected chi connectivity index (χ3v) is 6.76. The Bertz CT molecular complexity index is 1310. The number of nitro groups is 1. The molecule has 1 fully saturated rings. The lowest BCUT2D eigenvalue weighted by Crippen LogP contribution is -2.17. The molecular weight excluding hydrogens is 482 g/mol. The van der Waals surface area contributed by atoms with Gasteiger partial charge in [-0.2, -0.15) is 0 Å². The van der Waals surface area contributed by atoms with Gasteiger partial charge in [-0.05, 0) is 42.5 Å². The molecule has 0 N–H and O–H groups in total. The number of rotatable bonds is 8. The normalized spacial score (nSPS) is 13.7. The van der Waals surface area contributed by atoms with Crippen molar-refractivity contribution in [3.05, 3.63) is 110 Å². The maximum absolute atomic E-state index is 13.0. The van der Waals surface area contributed by atoms with Gasteiger partial charge in [0.2, 0.25) is 0 Å². The number of Topliss-reactive ketones (excluding diaryl/α,β-unsaturated/α-hetero) is 1. The lowest BCUT2D eigenvalue weighted by atomic mass is 9.84. The SMILES string of the molecule is O=C(COC(=O)c1ccccc1C(=O)c1ccc(Cl)c([N+](=O)[O-])c1)c1ccc(C2CCCCC2)cc1. The lowest BCUT2D eigenvalue weighted by Gasteiger charge is -2.22. The highest BCUT2D eigenvalue weighted by Crippen LogP contribution is 2.32. The minimum atomic E-state index is -0.838. The van der Waals surface area contributed by atoms with E-state index in [1.807, 2.05) is 12.1 Å². The van der Waals surface area contributed by atoms with Gasteiger partial charge in [0.05, 0.1) is 10.5 Å². The molecule has 7 nitrogen and oxygen atoms in total. The molecule has 0 unspecified atom stereocenters. The number of esters is 1. The Labute approximate surface area is 213 Å². The van der Waals surface area contributed by atoms with E-state index in [4.69, 9.17) is 16.3 Å². The summed E-state index contributed by atoms with van der Waals surface area (Å²) in [6.45, 7) is -0.476. The van der Waals surface area contributed by atoms with Crippen molar-refractivity contribution >= 4 is 34.8 Å². The molecule has 1 aliphatic rings. The van der Waals surface area contributed by atoms with Crippen molar-refractivity contribution in [1.29, 1.82) is 0 Å². The van der Waals surface area contributed by atoms with E-state index < -0.39 is 29.0 Å². The first-order chi connectivity index (χ1) is 17.3. The molecule has 0 aromatic heterocycles. The van der Waals surface area contributed by atoms with Crippen molar-refractivity contribution in [1.82, 2.24) is 0 Å². The number of hydrogen-bond acceptors (Lipinski definition) is 6. The second-order valence-corrected chi connectivity index (χ2v) is 9.16. The third-order valence-electron chi connectivity index (χ3n) is 6.44. The van der Waals surface area contributed by atoms with Crippen LogP contribution in [0.15, 0.2) is 66.7 Å². The van der Waals surface area contributed by atoms with Gasteiger partial charge in [-0.1, -0.05) is 73.3 Å². The second kappa shape index (κ2) is 11.3. The molecule has 0 amide bonds. The number of benzene rings is 3. The fraction of sp³-hybridized carbons (Fsp3) is 0.250. The molecule has 0 heterocycles. The summed E-state index contributed by atoms with van der Waals surface area (Å²) in [6, 6.07) is 17.1. The Morgan fingerprint density at radius 1 is 0.889 bits per heavy atom. The summed E-state index contributed by atoms with van der Waals surface area (Å²) in [6.07, 6.45) is 6.03. The average Bonchev–Trinajstić information content (AvgIpc) is 2.91. The summed E-state index contributed by atoms with van der Waals surface area (Å²) in [7, 11) is 0. The van der Waals surface area contributed by atoms with Crippen molar-refractivity contribution in [3.8, 4) is 0 Å². The summed E-state index contributed by atoms with van der Waals surface area (Å²) >= 11 is 5.83. The number of ketones is 2. The van der Waals surface area contributed by atoms with E-state index in [0.29, 0.717) is 11.5 Å². The summed E-state index contributed by atoms with van der Waals surface area (Å²) in [4.78, 5) is 48.9. The molecule has 0 aliphatic heterocycles. The van der Waals surface area contributed by atoms with E-state index in [9.17, 15) is 24.5 Å². The molecular formula is C28H24ClNO6. The van der Waals surface area contributed by atoms with Gasteiger partial charge < -0.3 is 4.74 Å². The van der Waals surface area contributed by atoms with E-state index in [0.717, 1.165) is 18.9 Å². The number of carbonyl (C=O) groups is 3. The number of halogens is 1. The summed E-state index contributed by atoms with van der Waals surface area (Å²) < 4.78 is 5.23. The van der Waals surface area contributed by atoms with Gasteiger partial charge in [-0.3, -0.25) is 19.7 Å². The first-order valence-corrected chi connectivity index (χ1v) is 12.1. The Balaban J connectivity index is 1.45. The van der Waals surface area contributed by atoms with Gasteiger partial charge in [0.1, 0.15) is 5.02 Å². The van der Waals surface area contributed by atoms with Crippen LogP contribution in [0.1, 0.15) is 80.2 Å². The van der Waals surface area contributed by atoms with Crippen molar-refractivity contribution in [3.63, 3.8) is 0 Å². The van der Waals surface area contributed by atoms with Crippen molar-refractivity contribution in [2.24, 2.45) is 0 Å². The second-order valence-electron chi connectivity index (χ2n) is 8.75. The molecule has 184 valence electrons. The van der Waals surface area contributed by atoms with Gasteiger partial charge in [0.25, 0.3) is 5.69 Å². The molecule has 0 atom stereocenters. The number of nitro benzene ring substituents is 1. The Hall–Kier alpha value is -3.84. The van der Waals surface area contributed by atoms with Gasteiger partial charge in [-0.25, -0.2) is 4.79 Å². The maximum Gasteiger partial charge on any atom is 0.339 e. The highest BCUT2D eigenvalue weighted by molar-refractivity contribution is 6.33. The molecule has 1 saturated carbocycles. The summed E-state index contributed by atoms with van der Waals surface area (Å²) in [5.74, 6) is -1.27.